The number of aromatic amines is 1. The van der Waals surface area contributed by atoms with Crippen molar-refractivity contribution in [2.24, 2.45) is 0 Å². The molecular formula is C10H12Cl2N2O5. The van der Waals surface area contributed by atoms with Crippen molar-refractivity contribution in [3.05, 3.63) is 33.1 Å². The van der Waals surface area contributed by atoms with E-state index >= 15 is 0 Å². The average Bonchev–Trinajstić information content (AvgIpc) is 2.64. The van der Waals surface area contributed by atoms with E-state index in [0.29, 0.717) is 0 Å². The number of hydrogen-bond donors (Lipinski definition) is 3. The molecule has 1 aliphatic rings. The number of aliphatic hydroxyl groups excluding tert-OH is 2. The van der Waals surface area contributed by atoms with Crippen molar-refractivity contribution in [1.82, 2.24) is 9.55 Å². The van der Waals surface area contributed by atoms with Crippen LogP contribution in [0.3, 0.4) is 0 Å². The molecule has 106 valence electrons. The molecule has 3 N–H and O–H groups in total. The lowest BCUT2D eigenvalue weighted by atomic mass is 9.96. The highest BCUT2D eigenvalue weighted by molar-refractivity contribution is 6.23. The standard InChI is InChI=1S/C10H12Cl2N2O5/c11-3-9(4-15)7(17)10(12,5-19-9)14-2-1-6(16)13-8(14)18/h1-2,7,15,17H,3-5H2,(H,13,16,18)/t7-,9-,10+/m1/s1. The van der Waals surface area contributed by atoms with Gasteiger partial charge in [0.25, 0.3) is 5.56 Å². The molecule has 0 aliphatic carbocycles. The molecule has 0 saturated carbocycles. The monoisotopic (exact) mass is 310 g/mol. The number of rotatable bonds is 3. The zero-order chi connectivity index (χ0) is 14.3. The second kappa shape index (κ2) is 4.92. The lowest BCUT2D eigenvalue weighted by molar-refractivity contribution is -0.0766. The smallest absolute Gasteiger partial charge is 0.329 e. The van der Waals surface area contributed by atoms with E-state index in [4.69, 9.17) is 27.9 Å². The Bertz CT molecular complexity index is 582. The third-order valence-corrected chi connectivity index (χ3v) is 4.15. The van der Waals surface area contributed by atoms with Crippen LogP contribution in [0.4, 0.5) is 0 Å². The van der Waals surface area contributed by atoms with Crippen LogP contribution >= 0.6 is 23.2 Å². The molecule has 1 fully saturated rings. The van der Waals surface area contributed by atoms with Gasteiger partial charge in [-0.05, 0) is 0 Å². The molecule has 0 bridgehead atoms. The van der Waals surface area contributed by atoms with Crippen LogP contribution < -0.4 is 11.2 Å². The van der Waals surface area contributed by atoms with Gasteiger partial charge < -0.3 is 14.9 Å². The molecule has 0 unspecified atom stereocenters. The number of halogens is 2. The highest BCUT2D eigenvalue weighted by Crippen LogP contribution is 2.41. The van der Waals surface area contributed by atoms with E-state index in [1.54, 1.807) is 0 Å². The molecule has 0 radical (unpaired) electrons. The van der Waals surface area contributed by atoms with Gasteiger partial charge in [0.15, 0.2) is 5.00 Å². The first-order valence-electron chi connectivity index (χ1n) is 5.40. The van der Waals surface area contributed by atoms with Crippen LogP contribution in [0.15, 0.2) is 21.9 Å². The first-order valence-corrected chi connectivity index (χ1v) is 6.31. The van der Waals surface area contributed by atoms with Crippen molar-refractivity contribution in [3.63, 3.8) is 0 Å². The van der Waals surface area contributed by atoms with Crippen LogP contribution in [0.5, 0.6) is 0 Å². The van der Waals surface area contributed by atoms with Crippen LogP contribution in [0.25, 0.3) is 0 Å². The fourth-order valence-electron chi connectivity index (χ4n) is 2.00. The second-order valence-electron chi connectivity index (χ2n) is 4.35. The highest BCUT2D eigenvalue weighted by Gasteiger charge is 2.58. The molecule has 2 heterocycles. The maximum absolute atomic E-state index is 11.7. The molecule has 1 aliphatic heterocycles. The molecule has 7 nitrogen and oxygen atoms in total. The summed E-state index contributed by atoms with van der Waals surface area (Å²) in [7, 11) is 0. The van der Waals surface area contributed by atoms with Gasteiger partial charge in [0.2, 0.25) is 0 Å². The topological polar surface area (TPSA) is 105 Å². The molecule has 3 atom stereocenters. The first-order chi connectivity index (χ1) is 8.89. The normalized spacial score (nSPS) is 34.6. The summed E-state index contributed by atoms with van der Waals surface area (Å²) in [6, 6.07) is 1.10. The molecule has 1 aromatic rings. The number of nitrogens with one attached hydrogen (secondary N) is 1. The second-order valence-corrected chi connectivity index (χ2v) is 5.27. The third kappa shape index (κ3) is 2.11. The number of aromatic nitrogens is 2. The minimum atomic E-state index is -1.64. The quantitative estimate of drug-likeness (QED) is 0.608. The number of aliphatic hydroxyl groups is 2. The summed E-state index contributed by atoms with van der Waals surface area (Å²) in [4.78, 5) is 23.1. The number of ether oxygens (including phenoxy) is 1. The Labute approximate surface area is 117 Å². The molecule has 1 saturated heterocycles. The van der Waals surface area contributed by atoms with Gasteiger partial charge in [-0.1, -0.05) is 11.6 Å². The molecule has 1 aromatic heterocycles. The Kier molecular flexibility index (Phi) is 3.76. The van der Waals surface area contributed by atoms with Crippen molar-refractivity contribution in [2.45, 2.75) is 16.7 Å². The van der Waals surface area contributed by atoms with Crippen molar-refractivity contribution >= 4 is 23.2 Å². The van der Waals surface area contributed by atoms with Crippen LogP contribution in [0.2, 0.25) is 0 Å². The zero-order valence-electron chi connectivity index (χ0n) is 9.68. The van der Waals surface area contributed by atoms with Crippen molar-refractivity contribution in [2.75, 3.05) is 19.1 Å². The molecule has 0 aromatic carbocycles. The maximum atomic E-state index is 11.7. The number of alkyl halides is 2. The van der Waals surface area contributed by atoms with Gasteiger partial charge in [0.05, 0.1) is 19.1 Å². The summed E-state index contributed by atoms with van der Waals surface area (Å²) < 4.78 is 6.24. The predicted molar refractivity (Wildman–Crippen MR) is 67.6 cm³/mol. The predicted octanol–water partition coefficient (Wildman–Crippen LogP) is -1.21. The van der Waals surface area contributed by atoms with Gasteiger partial charge in [0, 0.05) is 12.3 Å². The van der Waals surface area contributed by atoms with Gasteiger partial charge in [-0.3, -0.25) is 14.3 Å². The Morgan fingerprint density at radius 1 is 1.58 bits per heavy atom. The van der Waals surface area contributed by atoms with Gasteiger partial charge in [-0.25, -0.2) is 4.79 Å². The summed E-state index contributed by atoms with van der Waals surface area (Å²) in [6.07, 6.45) is -0.268. The Morgan fingerprint density at radius 2 is 2.26 bits per heavy atom. The van der Waals surface area contributed by atoms with Gasteiger partial charge >= 0.3 is 5.69 Å². The van der Waals surface area contributed by atoms with E-state index in [2.05, 4.69) is 0 Å². The summed E-state index contributed by atoms with van der Waals surface area (Å²) >= 11 is 11.9. The first kappa shape index (κ1) is 14.5. The number of hydrogen-bond acceptors (Lipinski definition) is 5. The Hall–Kier alpha value is -0.860. The van der Waals surface area contributed by atoms with Crippen LogP contribution in [0.1, 0.15) is 0 Å². The summed E-state index contributed by atoms with van der Waals surface area (Å²) in [5.74, 6) is -0.197. The molecule has 0 spiro atoms. The lowest BCUT2D eigenvalue weighted by Crippen LogP contribution is -2.54. The fourth-order valence-corrected chi connectivity index (χ4v) is 2.70. The Balaban J connectivity index is 2.50. The Morgan fingerprint density at radius 3 is 2.74 bits per heavy atom. The third-order valence-electron chi connectivity index (χ3n) is 3.20. The highest BCUT2D eigenvalue weighted by atomic mass is 35.5. The summed E-state index contributed by atoms with van der Waals surface area (Å²) in [5, 5.41) is 19.6. The van der Waals surface area contributed by atoms with E-state index in [1.807, 2.05) is 4.98 Å². The largest absolute Gasteiger partial charge is 0.393 e. The molecule has 2 rings (SSSR count). The van der Waals surface area contributed by atoms with E-state index in [0.717, 1.165) is 16.8 Å². The molecule has 19 heavy (non-hydrogen) atoms. The van der Waals surface area contributed by atoms with Gasteiger partial charge in [-0.15, -0.1) is 11.6 Å². The summed E-state index contributed by atoms with van der Waals surface area (Å²) in [5.41, 5.74) is -2.81. The minimum Gasteiger partial charge on any atom is -0.393 e. The van der Waals surface area contributed by atoms with Crippen LogP contribution in [0, 0.1) is 0 Å². The maximum Gasteiger partial charge on any atom is 0.329 e. The van der Waals surface area contributed by atoms with Gasteiger partial charge in [0.1, 0.15) is 11.7 Å². The SMILES string of the molecule is O=c1ccn([C@@]2(Cl)CO[C@@](CO)(CCl)[C@H]2O)c(=O)[nH]1. The van der Waals surface area contributed by atoms with Crippen LogP contribution in [-0.2, 0) is 9.73 Å². The lowest BCUT2D eigenvalue weighted by Gasteiger charge is -2.32. The zero-order valence-corrected chi connectivity index (χ0v) is 11.2. The fraction of sp³-hybridized carbons (Fsp3) is 0.600. The molecular weight excluding hydrogens is 299 g/mol. The van der Waals surface area contributed by atoms with Crippen LogP contribution in [-0.4, -0.2) is 50.6 Å². The minimum absolute atomic E-state index is 0.197. The average molecular weight is 311 g/mol. The molecule has 0 amide bonds. The molecule has 9 heteroatoms. The summed E-state index contributed by atoms with van der Waals surface area (Å²) in [6.45, 7) is -0.792. The van der Waals surface area contributed by atoms with E-state index in [9.17, 15) is 19.8 Å². The van der Waals surface area contributed by atoms with Crippen molar-refractivity contribution in [1.29, 1.82) is 0 Å². The van der Waals surface area contributed by atoms with Gasteiger partial charge in [-0.2, -0.15) is 0 Å². The van der Waals surface area contributed by atoms with Crippen molar-refractivity contribution < 1.29 is 14.9 Å². The van der Waals surface area contributed by atoms with Crippen molar-refractivity contribution in [3.8, 4) is 0 Å². The number of nitrogens with zero attached hydrogens (tertiary/aromatic N) is 1. The van der Waals surface area contributed by atoms with E-state index in [1.165, 1.54) is 0 Å². The number of H-pyrrole nitrogens is 1. The van der Waals surface area contributed by atoms with E-state index < -0.39 is 34.6 Å². The van der Waals surface area contributed by atoms with E-state index in [-0.39, 0.29) is 12.5 Å².